The maximum absolute atomic E-state index is 10.4. The largest absolute Gasteiger partial charge is 0.481 e. The molecule has 0 atom stereocenters. The Morgan fingerprint density at radius 2 is 2.15 bits per heavy atom. The maximum Gasteiger partial charge on any atom is 0.304 e. The van der Waals surface area contributed by atoms with E-state index in [4.69, 9.17) is 9.22 Å². The van der Waals surface area contributed by atoms with Gasteiger partial charge in [-0.15, -0.1) is 12.4 Å². The summed E-state index contributed by atoms with van der Waals surface area (Å²) in [6, 6.07) is 0. The normalized spacial score (nSPS) is 14.2. The molecule has 0 unspecified atom stereocenters. The Morgan fingerprint density at radius 3 is 2.62 bits per heavy atom. The summed E-state index contributed by atoms with van der Waals surface area (Å²) >= 11 is 0. The van der Waals surface area contributed by atoms with Crippen molar-refractivity contribution in [2.24, 2.45) is 0 Å². The molecule has 13 heavy (non-hydrogen) atoms. The number of carboxylic acid groups (broad SMARTS) is 1. The van der Waals surface area contributed by atoms with E-state index < -0.39 is 12.9 Å². The molecule has 1 N–H and O–H groups in total. The zero-order valence-corrected chi connectivity index (χ0v) is 8.77. The third-order valence-corrected chi connectivity index (χ3v) is 1.63. The lowest BCUT2D eigenvalue weighted by Gasteiger charge is -2.14. The van der Waals surface area contributed by atoms with Gasteiger partial charge < -0.3 is 10.0 Å². The number of aliphatic carboxylic acids is 1. The molecule has 0 aliphatic heterocycles. The molecule has 0 rings (SSSR count). The predicted octanol–water partition coefficient (Wildman–Crippen LogP) is 2.00. The molecule has 0 aromatic rings. The first-order valence-corrected chi connectivity index (χ1v) is 4.34. The van der Waals surface area contributed by atoms with Crippen molar-refractivity contribution in [3.8, 4) is 0 Å². The standard InChI is InChI=1S/C9H19NO2.ClH/c1-3-4-5-7-10(2)8-6-9(11)12;/h3-8H2,1-2H3,(H,11,12);1H/i2D3;. The molecule has 80 valence electrons. The lowest BCUT2D eigenvalue weighted by molar-refractivity contribution is -0.137. The summed E-state index contributed by atoms with van der Waals surface area (Å²) in [6.45, 7) is 0.396. The highest BCUT2D eigenvalue weighted by Gasteiger charge is 2.00. The summed E-state index contributed by atoms with van der Waals surface area (Å²) in [4.78, 5) is 11.6. The van der Waals surface area contributed by atoms with Crippen LogP contribution in [-0.4, -0.2) is 36.0 Å². The minimum Gasteiger partial charge on any atom is -0.481 e. The van der Waals surface area contributed by atoms with E-state index in [0.717, 1.165) is 19.3 Å². The Balaban J connectivity index is 0. The van der Waals surface area contributed by atoms with Gasteiger partial charge >= 0.3 is 5.97 Å². The van der Waals surface area contributed by atoms with Gasteiger partial charge in [0.1, 0.15) is 0 Å². The first-order chi connectivity index (χ1) is 6.88. The van der Waals surface area contributed by atoms with E-state index in [9.17, 15) is 4.79 Å². The van der Waals surface area contributed by atoms with Crippen LogP contribution >= 0.6 is 12.4 Å². The summed E-state index contributed by atoms with van der Waals surface area (Å²) in [5.41, 5.74) is 0. The fourth-order valence-electron chi connectivity index (χ4n) is 0.895. The molecule has 0 amide bonds. The average Bonchev–Trinajstić information content (AvgIpc) is 2.08. The number of rotatable bonds is 7. The molecule has 0 aromatic carbocycles. The predicted molar refractivity (Wildman–Crippen MR) is 56.5 cm³/mol. The van der Waals surface area contributed by atoms with Crippen LogP contribution in [0.3, 0.4) is 0 Å². The van der Waals surface area contributed by atoms with E-state index in [-0.39, 0.29) is 25.4 Å². The van der Waals surface area contributed by atoms with E-state index in [0.29, 0.717) is 6.54 Å². The quantitative estimate of drug-likeness (QED) is 0.657. The van der Waals surface area contributed by atoms with Gasteiger partial charge in [0.25, 0.3) is 0 Å². The molecule has 0 aromatic heterocycles. The van der Waals surface area contributed by atoms with E-state index in [1.807, 2.05) is 6.92 Å². The van der Waals surface area contributed by atoms with Gasteiger partial charge in [-0.05, 0) is 19.9 Å². The highest BCUT2D eigenvalue weighted by molar-refractivity contribution is 5.85. The van der Waals surface area contributed by atoms with Crippen LogP contribution in [0.1, 0.15) is 36.7 Å². The Kier molecular flexibility index (Phi) is 7.00. The molecule has 0 bridgehead atoms. The van der Waals surface area contributed by atoms with Crippen LogP contribution in [0.4, 0.5) is 0 Å². The summed E-state index contributed by atoms with van der Waals surface area (Å²) in [7, 11) is 0. The van der Waals surface area contributed by atoms with Crippen molar-refractivity contribution >= 4 is 18.4 Å². The first-order valence-electron chi connectivity index (χ1n) is 5.84. The first kappa shape index (κ1) is 9.28. The summed E-state index contributed by atoms with van der Waals surface area (Å²) in [5, 5.41) is 8.49. The monoisotopic (exact) mass is 212 g/mol. The number of hydrogen-bond donors (Lipinski definition) is 1. The molecule has 0 fully saturated rings. The van der Waals surface area contributed by atoms with Crippen molar-refractivity contribution in [1.82, 2.24) is 4.90 Å². The van der Waals surface area contributed by atoms with Gasteiger partial charge in [-0.3, -0.25) is 4.79 Å². The number of carbonyl (C=O) groups is 1. The second kappa shape index (κ2) is 9.81. The number of nitrogens with zero attached hydrogens (tertiary/aromatic N) is 1. The summed E-state index contributed by atoms with van der Waals surface area (Å²) in [6.07, 6.45) is 2.67. The molecule has 3 nitrogen and oxygen atoms in total. The number of carboxylic acids is 1. The van der Waals surface area contributed by atoms with Crippen LogP contribution in [-0.2, 0) is 4.79 Å². The average molecular weight is 213 g/mol. The van der Waals surface area contributed by atoms with Gasteiger partial charge in [0.05, 0.1) is 6.42 Å². The second-order valence-electron chi connectivity index (χ2n) is 2.84. The van der Waals surface area contributed by atoms with Crippen LogP contribution < -0.4 is 0 Å². The molecule has 0 spiro atoms. The van der Waals surface area contributed by atoms with Gasteiger partial charge in [0, 0.05) is 10.7 Å². The number of hydrogen-bond acceptors (Lipinski definition) is 2. The van der Waals surface area contributed by atoms with Crippen molar-refractivity contribution in [1.29, 1.82) is 0 Å². The third-order valence-electron chi connectivity index (χ3n) is 1.63. The summed E-state index contributed by atoms with van der Waals surface area (Å²) in [5.74, 6) is -0.959. The van der Waals surface area contributed by atoms with Crippen molar-refractivity contribution in [3.63, 3.8) is 0 Å². The Morgan fingerprint density at radius 1 is 1.46 bits per heavy atom. The smallest absolute Gasteiger partial charge is 0.304 e. The number of halogens is 1. The van der Waals surface area contributed by atoms with Gasteiger partial charge in [0.15, 0.2) is 0 Å². The lowest BCUT2D eigenvalue weighted by Crippen LogP contribution is -2.22. The van der Waals surface area contributed by atoms with Crippen molar-refractivity contribution in [3.05, 3.63) is 0 Å². The molecular weight excluding hydrogens is 190 g/mol. The molecule has 0 radical (unpaired) electrons. The topological polar surface area (TPSA) is 40.5 Å². The minimum absolute atomic E-state index is 0. The third kappa shape index (κ3) is 11.7. The maximum atomic E-state index is 10.4. The van der Waals surface area contributed by atoms with Gasteiger partial charge in [0.2, 0.25) is 0 Å². The zero-order valence-electron chi connectivity index (χ0n) is 11.0. The van der Waals surface area contributed by atoms with Gasteiger partial charge in [-0.2, -0.15) is 0 Å². The minimum atomic E-state index is -2.18. The lowest BCUT2D eigenvalue weighted by atomic mass is 10.2. The molecule has 0 aliphatic carbocycles. The Hall–Kier alpha value is -0.280. The molecule has 0 saturated heterocycles. The number of unbranched alkanes of at least 4 members (excludes halogenated alkanes) is 2. The Labute approximate surface area is 90.7 Å². The van der Waals surface area contributed by atoms with Crippen LogP contribution in [0, 0.1) is 0 Å². The fourth-order valence-corrected chi connectivity index (χ4v) is 0.895. The molecule has 4 heteroatoms. The fraction of sp³-hybridized carbons (Fsp3) is 0.889. The molecule has 0 saturated carbocycles. The van der Waals surface area contributed by atoms with Crippen LogP contribution in [0.15, 0.2) is 0 Å². The van der Waals surface area contributed by atoms with E-state index in [1.165, 1.54) is 4.90 Å². The van der Waals surface area contributed by atoms with Gasteiger partial charge in [-0.25, -0.2) is 0 Å². The summed E-state index contributed by atoms with van der Waals surface area (Å²) < 4.78 is 21.7. The van der Waals surface area contributed by atoms with Crippen molar-refractivity contribution in [2.45, 2.75) is 32.6 Å². The van der Waals surface area contributed by atoms with Crippen LogP contribution in [0.2, 0.25) is 0 Å². The highest BCUT2D eigenvalue weighted by Crippen LogP contribution is 1.96. The molecular formula is C9H20ClNO2. The highest BCUT2D eigenvalue weighted by atomic mass is 35.5. The zero-order chi connectivity index (χ0) is 11.9. The van der Waals surface area contributed by atoms with Crippen LogP contribution in [0.25, 0.3) is 0 Å². The second-order valence-corrected chi connectivity index (χ2v) is 2.84. The van der Waals surface area contributed by atoms with Crippen molar-refractivity contribution < 1.29 is 14.0 Å². The van der Waals surface area contributed by atoms with Crippen molar-refractivity contribution in [2.75, 3.05) is 20.1 Å². The van der Waals surface area contributed by atoms with E-state index >= 15 is 0 Å². The molecule has 0 heterocycles. The SMILES string of the molecule is Cl.[2H]C([2H])([2H])N(CCCCC)CCC(=O)O. The molecule has 0 aliphatic rings. The van der Waals surface area contributed by atoms with Gasteiger partial charge in [-0.1, -0.05) is 19.8 Å². The van der Waals surface area contributed by atoms with E-state index in [1.54, 1.807) is 0 Å². The van der Waals surface area contributed by atoms with E-state index in [2.05, 4.69) is 0 Å². The Bertz CT molecular complexity index is 200. The van der Waals surface area contributed by atoms with Crippen LogP contribution in [0.5, 0.6) is 0 Å².